The summed E-state index contributed by atoms with van der Waals surface area (Å²) in [5.74, 6) is -0.375. The minimum Gasteiger partial charge on any atom is -0.351 e. The number of thioether (sulfide) groups is 1. The van der Waals surface area contributed by atoms with Crippen molar-refractivity contribution in [2.24, 2.45) is 10.9 Å². The second-order valence-corrected chi connectivity index (χ2v) is 10.7. The van der Waals surface area contributed by atoms with Crippen LogP contribution in [-0.4, -0.2) is 46.1 Å². The highest BCUT2D eigenvalue weighted by molar-refractivity contribution is 8.15. The highest BCUT2D eigenvalue weighted by Crippen LogP contribution is 2.29. The summed E-state index contributed by atoms with van der Waals surface area (Å²) in [5, 5.41) is 8.20. The van der Waals surface area contributed by atoms with Crippen molar-refractivity contribution in [3.05, 3.63) is 52.2 Å². The number of thiophene rings is 1. The smallest absolute Gasteiger partial charge is 0.262 e. The van der Waals surface area contributed by atoms with Gasteiger partial charge in [-0.05, 0) is 54.5 Å². The third-order valence-electron chi connectivity index (χ3n) is 5.71. The molecule has 1 fully saturated rings. The lowest BCUT2D eigenvalue weighted by Gasteiger charge is -2.21. The topological polar surface area (TPSA) is 90.9 Å². The summed E-state index contributed by atoms with van der Waals surface area (Å²) in [7, 11) is 0. The molecule has 33 heavy (non-hydrogen) atoms. The van der Waals surface area contributed by atoms with Crippen molar-refractivity contribution in [3.63, 3.8) is 0 Å². The number of hydrogen-bond donors (Lipinski definition) is 2. The van der Waals surface area contributed by atoms with Crippen LogP contribution in [0.2, 0.25) is 0 Å². The number of amidine groups is 1. The summed E-state index contributed by atoms with van der Waals surface area (Å²) in [6.45, 7) is 6.00. The second kappa shape index (κ2) is 10.5. The Balaban J connectivity index is 1.30. The monoisotopic (exact) mass is 484 g/mol. The third-order valence-corrected chi connectivity index (χ3v) is 7.88. The molecule has 4 rings (SSSR count). The van der Waals surface area contributed by atoms with Crippen LogP contribution in [0.1, 0.15) is 54.4 Å². The van der Waals surface area contributed by atoms with Crippen molar-refractivity contribution in [1.82, 2.24) is 10.2 Å². The number of aliphatic imine (C=N–C) groups is 1. The van der Waals surface area contributed by atoms with Crippen LogP contribution in [0.25, 0.3) is 0 Å². The van der Waals surface area contributed by atoms with Gasteiger partial charge in [-0.25, -0.2) is 0 Å². The van der Waals surface area contributed by atoms with Gasteiger partial charge in [-0.2, -0.15) is 4.99 Å². The van der Waals surface area contributed by atoms with Crippen LogP contribution in [-0.2, 0) is 9.59 Å². The van der Waals surface area contributed by atoms with Gasteiger partial charge in [0.2, 0.25) is 5.91 Å². The zero-order valence-corrected chi connectivity index (χ0v) is 20.4. The lowest BCUT2D eigenvalue weighted by Crippen LogP contribution is -2.31. The lowest BCUT2D eigenvalue weighted by molar-refractivity contribution is -0.121. The molecule has 2 atom stereocenters. The Kier molecular flexibility index (Phi) is 7.49. The summed E-state index contributed by atoms with van der Waals surface area (Å²) >= 11 is 3.01. The van der Waals surface area contributed by atoms with Crippen molar-refractivity contribution in [3.8, 4) is 0 Å². The highest BCUT2D eigenvalue weighted by atomic mass is 32.2. The Bertz CT molecular complexity index is 1030. The number of rotatable bonds is 7. The number of benzene rings is 1. The van der Waals surface area contributed by atoms with E-state index in [4.69, 9.17) is 0 Å². The van der Waals surface area contributed by atoms with Crippen LogP contribution in [0.4, 0.5) is 5.69 Å². The van der Waals surface area contributed by atoms with E-state index < -0.39 is 5.25 Å². The van der Waals surface area contributed by atoms with E-state index in [9.17, 15) is 14.4 Å². The quantitative estimate of drug-likeness (QED) is 0.612. The summed E-state index contributed by atoms with van der Waals surface area (Å²) < 4.78 is 0. The van der Waals surface area contributed by atoms with E-state index in [2.05, 4.69) is 34.4 Å². The summed E-state index contributed by atoms with van der Waals surface area (Å²) in [5.41, 5.74) is 1.12. The first kappa shape index (κ1) is 23.5. The molecule has 0 saturated carbocycles. The fourth-order valence-corrected chi connectivity index (χ4v) is 5.96. The Morgan fingerprint density at radius 2 is 1.88 bits per heavy atom. The zero-order valence-electron chi connectivity index (χ0n) is 18.7. The number of likely N-dealkylation sites (tertiary alicyclic amines) is 1. The van der Waals surface area contributed by atoms with Gasteiger partial charge < -0.3 is 15.5 Å². The van der Waals surface area contributed by atoms with Crippen molar-refractivity contribution in [2.45, 2.75) is 44.4 Å². The van der Waals surface area contributed by atoms with Gasteiger partial charge in [0.15, 0.2) is 5.17 Å². The maximum atomic E-state index is 12.7. The van der Waals surface area contributed by atoms with E-state index in [0.717, 1.165) is 36.0 Å². The van der Waals surface area contributed by atoms with E-state index in [1.54, 1.807) is 35.6 Å². The first-order valence-corrected chi connectivity index (χ1v) is 12.9. The van der Waals surface area contributed by atoms with Crippen LogP contribution in [0.15, 0.2) is 46.8 Å². The number of hydrogen-bond acceptors (Lipinski definition) is 6. The summed E-state index contributed by atoms with van der Waals surface area (Å²) in [4.78, 5) is 44.8. The minimum atomic E-state index is -0.476. The molecule has 3 heterocycles. The van der Waals surface area contributed by atoms with Gasteiger partial charge >= 0.3 is 0 Å². The molecule has 0 radical (unpaired) electrons. The van der Waals surface area contributed by atoms with Crippen LogP contribution in [0.3, 0.4) is 0 Å². The van der Waals surface area contributed by atoms with E-state index in [1.165, 1.54) is 11.8 Å². The van der Waals surface area contributed by atoms with Gasteiger partial charge in [-0.15, -0.1) is 11.3 Å². The van der Waals surface area contributed by atoms with Gasteiger partial charge in [0, 0.05) is 35.6 Å². The van der Waals surface area contributed by atoms with Crippen LogP contribution in [0.5, 0.6) is 0 Å². The normalized spacial score (nSPS) is 19.0. The molecule has 2 aliphatic rings. The largest absolute Gasteiger partial charge is 0.351 e. The molecule has 0 spiro atoms. The molecular weight excluding hydrogens is 456 g/mol. The summed E-state index contributed by atoms with van der Waals surface area (Å²) in [6.07, 6.45) is 2.29. The Morgan fingerprint density at radius 3 is 2.52 bits per heavy atom. The predicted molar refractivity (Wildman–Crippen MR) is 134 cm³/mol. The van der Waals surface area contributed by atoms with Gasteiger partial charge in [-0.1, -0.05) is 31.7 Å². The van der Waals surface area contributed by atoms with Crippen molar-refractivity contribution in [1.29, 1.82) is 0 Å². The first-order chi connectivity index (χ1) is 15.9. The fraction of sp³-hybridized carbons (Fsp3) is 0.417. The van der Waals surface area contributed by atoms with E-state index in [-0.39, 0.29) is 36.1 Å². The summed E-state index contributed by atoms with van der Waals surface area (Å²) in [6, 6.07) is 10.8. The van der Waals surface area contributed by atoms with Crippen molar-refractivity contribution in [2.75, 3.05) is 18.4 Å². The average molecular weight is 485 g/mol. The van der Waals surface area contributed by atoms with Crippen LogP contribution in [0, 0.1) is 5.92 Å². The average Bonchev–Trinajstić information content (AvgIpc) is 3.55. The van der Waals surface area contributed by atoms with Gasteiger partial charge in [-0.3, -0.25) is 14.4 Å². The highest BCUT2D eigenvalue weighted by Gasteiger charge is 2.33. The fourth-order valence-electron chi connectivity index (χ4n) is 3.90. The molecule has 2 unspecified atom stereocenters. The molecule has 0 bridgehead atoms. The molecule has 0 aliphatic carbocycles. The Morgan fingerprint density at radius 1 is 1.15 bits per heavy atom. The van der Waals surface area contributed by atoms with E-state index >= 15 is 0 Å². The molecule has 3 amide bonds. The van der Waals surface area contributed by atoms with Crippen LogP contribution >= 0.6 is 23.1 Å². The van der Waals surface area contributed by atoms with Crippen LogP contribution < -0.4 is 10.6 Å². The number of carbonyl (C=O) groups is 3. The number of carbonyl (C=O) groups excluding carboxylic acids is 3. The van der Waals surface area contributed by atoms with E-state index in [0.29, 0.717) is 11.3 Å². The number of nitrogens with zero attached hydrogens (tertiary/aromatic N) is 2. The molecule has 1 saturated heterocycles. The van der Waals surface area contributed by atoms with Gasteiger partial charge in [0.1, 0.15) is 5.25 Å². The molecule has 1 aromatic heterocycles. The number of nitrogens with one attached hydrogen (secondary N) is 2. The van der Waals surface area contributed by atoms with E-state index in [1.807, 2.05) is 17.5 Å². The zero-order chi connectivity index (χ0) is 23.4. The molecule has 2 aliphatic heterocycles. The molecule has 9 heteroatoms. The molecule has 7 nitrogen and oxygen atoms in total. The second-order valence-electron chi connectivity index (χ2n) is 8.57. The number of amides is 3. The first-order valence-electron chi connectivity index (χ1n) is 11.2. The van der Waals surface area contributed by atoms with Gasteiger partial charge in [0.05, 0.1) is 6.04 Å². The molecular formula is C24H28N4O3S2. The minimum absolute atomic E-state index is 0.0500. The van der Waals surface area contributed by atoms with Gasteiger partial charge in [0.25, 0.3) is 11.8 Å². The molecule has 2 N–H and O–H groups in total. The standard InChI is InChI=1S/C24H28N4O3S2/c1-15(2)21(18-6-5-13-32-18)26-22(30)16-7-9-17(10-8-16)25-20(29)14-19-23(31)27-24(33-19)28-11-3-4-12-28/h5-10,13,15,19,21H,3-4,11-12,14H2,1-2H3,(H,25,29)(H,26,30). The van der Waals surface area contributed by atoms with Crippen molar-refractivity contribution >= 4 is 51.7 Å². The molecule has 1 aromatic carbocycles. The third kappa shape index (κ3) is 5.83. The number of anilines is 1. The maximum Gasteiger partial charge on any atom is 0.262 e. The predicted octanol–water partition coefficient (Wildman–Crippen LogP) is 4.30. The SMILES string of the molecule is CC(C)C(NC(=O)c1ccc(NC(=O)CC2SC(N3CCCC3)=NC2=O)cc1)c1cccs1. The lowest BCUT2D eigenvalue weighted by atomic mass is 10.0. The Hall–Kier alpha value is -2.65. The Labute approximate surface area is 202 Å². The van der Waals surface area contributed by atoms with Crippen molar-refractivity contribution < 1.29 is 14.4 Å². The molecule has 2 aromatic rings. The maximum absolute atomic E-state index is 12.7. The molecule has 174 valence electrons.